The molecular formula is C11H12N2O4. The molecule has 90 valence electrons. The standard InChI is InChI=1S/C11H12N2O4/c14-8-4-3-7-12-17-9-10-5-1-2-6-11(10)13(15)16/h1-2,4-6,12H,3,7,9H2. The van der Waals surface area contributed by atoms with Gasteiger partial charge in [-0.3, -0.25) is 15.0 Å². The van der Waals surface area contributed by atoms with Crippen LogP contribution >= 0.6 is 0 Å². The van der Waals surface area contributed by atoms with Crippen LogP contribution in [0.2, 0.25) is 0 Å². The van der Waals surface area contributed by atoms with Crippen molar-refractivity contribution in [2.45, 2.75) is 13.0 Å². The SMILES string of the molecule is O=C=CCCNOCc1ccccc1[N+](=O)[O-]. The van der Waals surface area contributed by atoms with Crippen molar-refractivity contribution in [1.82, 2.24) is 5.48 Å². The quantitative estimate of drug-likeness (QED) is 0.335. The third-order valence-corrected chi connectivity index (χ3v) is 1.99. The molecule has 0 fully saturated rings. The monoisotopic (exact) mass is 236 g/mol. The third kappa shape index (κ3) is 4.56. The molecule has 1 aromatic rings. The summed E-state index contributed by atoms with van der Waals surface area (Å²) in [5.41, 5.74) is 3.13. The van der Waals surface area contributed by atoms with Crippen LogP contribution in [0.15, 0.2) is 30.3 Å². The van der Waals surface area contributed by atoms with Crippen molar-refractivity contribution in [2.24, 2.45) is 0 Å². The Morgan fingerprint density at radius 1 is 1.47 bits per heavy atom. The van der Waals surface area contributed by atoms with E-state index in [0.717, 1.165) is 0 Å². The van der Waals surface area contributed by atoms with E-state index in [2.05, 4.69) is 5.48 Å². The first-order valence-electron chi connectivity index (χ1n) is 5.02. The molecule has 6 heteroatoms. The van der Waals surface area contributed by atoms with Crippen LogP contribution in [-0.2, 0) is 16.2 Å². The molecule has 1 N–H and O–H groups in total. The van der Waals surface area contributed by atoms with Crippen LogP contribution in [0.3, 0.4) is 0 Å². The number of para-hydroxylation sites is 1. The molecule has 0 spiro atoms. The smallest absolute Gasteiger partial charge is 0.274 e. The van der Waals surface area contributed by atoms with E-state index < -0.39 is 4.92 Å². The Labute approximate surface area is 98.0 Å². The van der Waals surface area contributed by atoms with Crippen molar-refractivity contribution >= 4 is 11.6 Å². The molecule has 0 aromatic heterocycles. The van der Waals surface area contributed by atoms with E-state index in [1.54, 1.807) is 24.1 Å². The molecule has 0 aliphatic heterocycles. The van der Waals surface area contributed by atoms with Crippen molar-refractivity contribution in [3.8, 4) is 0 Å². The van der Waals surface area contributed by atoms with Crippen LogP contribution in [-0.4, -0.2) is 17.4 Å². The van der Waals surface area contributed by atoms with Crippen molar-refractivity contribution in [1.29, 1.82) is 0 Å². The van der Waals surface area contributed by atoms with Crippen LogP contribution in [0.1, 0.15) is 12.0 Å². The van der Waals surface area contributed by atoms with Crippen LogP contribution in [0.5, 0.6) is 0 Å². The second kappa shape index (κ2) is 7.29. The van der Waals surface area contributed by atoms with Crippen LogP contribution in [0, 0.1) is 10.1 Å². The van der Waals surface area contributed by atoms with Gasteiger partial charge in [0, 0.05) is 18.7 Å². The normalized spacial score (nSPS) is 9.65. The lowest BCUT2D eigenvalue weighted by molar-refractivity contribution is -0.386. The lowest BCUT2D eigenvalue weighted by Crippen LogP contribution is -2.15. The average molecular weight is 236 g/mol. The topological polar surface area (TPSA) is 81.5 Å². The second-order valence-corrected chi connectivity index (χ2v) is 3.18. The number of rotatable bonds is 7. The first-order valence-corrected chi connectivity index (χ1v) is 5.02. The van der Waals surface area contributed by atoms with E-state index in [4.69, 9.17) is 4.84 Å². The molecule has 0 aliphatic rings. The highest BCUT2D eigenvalue weighted by molar-refractivity contribution is 5.44. The highest BCUT2D eigenvalue weighted by Crippen LogP contribution is 2.17. The molecule has 0 heterocycles. The molecule has 0 unspecified atom stereocenters. The fourth-order valence-corrected chi connectivity index (χ4v) is 1.20. The molecule has 6 nitrogen and oxygen atoms in total. The van der Waals surface area contributed by atoms with Gasteiger partial charge in [0.2, 0.25) is 0 Å². The molecule has 0 radical (unpaired) electrons. The van der Waals surface area contributed by atoms with Gasteiger partial charge in [0.15, 0.2) is 0 Å². The Morgan fingerprint density at radius 3 is 2.94 bits per heavy atom. The van der Waals surface area contributed by atoms with Crippen LogP contribution < -0.4 is 5.48 Å². The first-order chi connectivity index (χ1) is 8.25. The Bertz CT molecular complexity index is 427. The van der Waals surface area contributed by atoms with Gasteiger partial charge in [-0.05, 0) is 12.5 Å². The average Bonchev–Trinajstić information content (AvgIpc) is 2.34. The van der Waals surface area contributed by atoms with E-state index in [0.29, 0.717) is 18.5 Å². The number of benzene rings is 1. The summed E-state index contributed by atoms with van der Waals surface area (Å²) in [6, 6.07) is 6.36. The Hall–Kier alpha value is -2.01. The van der Waals surface area contributed by atoms with Gasteiger partial charge in [-0.2, -0.15) is 0 Å². The zero-order valence-electron chi connectivity index (χ0n) is 9.09. The number of hydroxylamine groups is 1. The number of nitrogens with zero attached hydrogens (tertiary/aromatic N) is 1. The number of hydrogen-bond donors (Lipinski definition) is 1. The summed E-state index contributed by atoms with van der Waals surface area (Å²) < 4.78 is 0. The van der Waals surface area contributed by atoms with Gasteiger partial charge in [-0.1, -0.05) is 12.1 Å². The van der Waals surface area contributed by atoms with Gasteiger partial charge in [-0.25, -0.2) is 10.3 Å². The van der Waals surface area contributed by atoms with Gasteiger partial charge in [0.1, 0.15) is 5.94 Å². The fourth-order valence-electron chi connectivity index (χ4n) is 1.20. The van der Waals surface area contributed by atoms with Gasteiger partial charge < -0.3 is 0 Å². The zero-order chi connectivity index (χ0) is 12.5. The summed E-state index contributed by atoms with van der Waals surface area (Å²) in [6.07, 6.45) is 1.84. The highest BCUT2D eigenvalue weighted by Gasteiger charge is 2.11. The maximum absolute atomic E-state index is 10.7. The number of carbonyl (C=O) groups excluding carboxylic acids is 1. The Kier molecular flexibility index (Phi) is 5.60. The van der Waals surface area contributed by atoms with Gasteiger partial charge in [-0.15, -0.1) is 0 Å². The molecule has 1 aromatic carbocycles. The van der Waals surface area contributed by atoms with Crippen molar-refractivity contribution < 1.29 is 14.6 Å². The van der Waals surface area contributed by atoms with E-state index in [-0.39, 0.29) is 12.3 Å². The third-order valence-electron chi connectivity index (χ3n) is 1.99. The Morgan fingerprint density at radius 2 is 2.24 bits per heavy atom. The number of nitro groups is 1. The van der Waals surface area contributed by atoms with Crippen LogP contribution in [0.25, 0.3) is 0 Å². The molecule has 17 heavy (non-hydrogen) atoms. The van der Waals surface area contributed by atoms with Crippen molar-refractivity contribution in [3.63, 3.8) is 0 Å². The number of nitro benzene ring substituents is 1. The van der Waals surface area contributed by atoms with E-state index in [9.17, 15) is 14.9 Å². The summed E-state index contributed by atoms with van der Waals surface area (Å²) in [4.78, 5) is 25.1. The lowest BCUT2D eigenvalue weighted by Gasteiger charge is -2.04. The predicted octanol–water partition coefficient (Wildman–Crippen LogP) is 1.39. The summed E-state index contributed by atoms with van der Waals surface area (Å²) in [7, 11) is 0. The molecule has 0 bridgehead atoms. The zero-order valence-corrected chi connectivity index (χ0v) is 9.09. The minimum atomic E-state index is -0.451. The molecule has 0 saturated carbocycles. The number of hydrogen-bond acceptors (Lipinski definition) is 5. The van der Waals surface area contributed by atoms with Crippen LogP contribution in [0.4, 0.5) is 5.69 Å². The van der Waals surface area contributed by atoms with E-state index in [1.807, 2.05) is 0 Å². The molecule has 1 rings (SSSR count). The van der Waals surface area contributed by atoms with Gasteiger partial charge in [0.25, 0.3) is 5.69 Å². The first kappa shape index (κ1) is 13.1. The Balaban J connectivity index is 2.41. The summed E-state index contributed by atoms with van der Waals surface area (Å²) in [5.74, 6) is 1.64. The maximum atomic E-state index is 10.7. The van der Waals surface area contributed by atoms with Gasteiger partial charge in [0.05, 0.1) is 17.1 Å². The minimum absolute atomic E-state index is 0.0297. The lowest BCUT2D eigenvalue weighted by atomic mass is 10.2. The molecular weight excluding hydrogens is 224 g/mol. The van der Waals surface area contributed by atoms with E-state index >= 15 is 0 Å². The largest absolute Gasteiger partial charge is 0.297 e. The summed E-state index contributed by atoms with van der Waals surface area (Å²) >= 11 is 0. The summed E-state index contributed by atoms with van der Waals surface area (Å²) in [5, 5.41) is 10.7. The fraction of sp³-hybridized carbons (Fsp3) is 0.273. The highest BCUT2D eigenvalue weighted by atomic mass is 16.6. The minimum Gasteiger partial charge on any atom is -0.297 e. The van der Waals surface area contributed by atoms with Gasteiger partial charge >= 0.3 is 0 Å². The molecule has 0 atom stereocenters. The maximum Gasteiger partial charge on any atom is 0.274 e. The second-order valence-electron chi connectivity index (χ2n) is 3.18. The molecule has 0 saturated heterocycles. The molecule has 0 amide bonds. The molecule has 0 aliphatic carbocycles. The van der Waals surface area contributed by atoms with Crippen molar-refractivity contribution in [2.75, 3.05) is 6.54 Å². The predicted molar refractivity (Wildman–Crippen MR) is 60.8 cm³/mol. The van der Waals surface area contributed by atoms with Crippen molar-refractivity contribution in [3.05, 3.63) is 46.0 Å². The number of nitrogens with one attached hydrogen (secondary N) is 1. The summed E-state index contributed by atoms with van der Waals surface area (Å²) in [6.45, 7) is 0.553. The van der Waals surface area contributed by atoms with E-state index in [1.165, 1.54) is 12.1 Å².